The monoisotopic (exact) mass is 348 g/mol. The summed E-state index contributed by atoms with van der Waals surface area (Å²) in [6.45, 7) is 2.04. The van der Waals surface area contributed by atoms with Crippen molar-refractivity contribution in [1.82, 2.24) is 0 Å². The lowest BCUT2D eigenvalue weighted by Crippen LogP contribution is -2.06. The van der Waals surface area contributed by atoms with Crippen LogP contribution >= 0.6 is 0 Å². The Kier molecular flexibility index (Phi) is 7.35. The van der Waals surface area contributed by atoms with Crippen LogP contribution in [-0.2, 0) is 0 Å². The molecule has 0 amide bonds. The van der Waals surface area contributed by atoms with Gasteiger partial charge in [-0.05, 0) is 31.1 Å². The van der Waals surface area contributed by atoms with Gasteiger partial charge in [0.05, 0.1) is 12.9 Å². The maximum atomic E-state index is 12.0. The van der Waals surface area contributed by atoms with Gasteiger partial charge in [-0.3, -0.25) is 0 Å². The van der Waals surface area contributed by atoms with Crippen LogP contribution in [0.1, 0.15) is 39.0 Å². The molecule has 6 nitrogen and oxygen atoms in total. The summed E-state index contributed by atoms with van der Waals surface area (Å²) >= 11 is 0. The summed E-state index contributed by atoms with van der Waals surface area (Å²) in [5, 5.41) is 19.6. The molecular weight excluding hydrogens is 324 g/mol. The Morgan fingerprint density at radius 2 is 2.08 bits per heavy atom. The van der Waals surface area contributed by atoms with Crippen LogP contribution in [0.15, 0.2) is 39.7 Å². The normalized spacial score (nSPS) is 11.3. The molecule has 0 unspecified atom stereocenters. The molecule has 0 aliphatic rings. The highest BCUT2D eigenvalue weighted by atomic mass is 16.5. The number of allylic oxidation sites excluding steroid dienone is 1. The minimum atomic E-state index is -0.764. The summed E-state index contributed by atoms with van der Waals surface area (Å²) in [6, 6.07) is 4.80. The Hall–Kier alpha value is -2.47. The first kappa shape index (κ1) is 18.9. The second-order valence-corrected chi connectivity index (χ2v) is 5.61. The van der Waals surface area contributed by atoms with E-state index in [-0.39, 0.29) is 35.7 Å². The number of aliphatic hydroxyl groups excluding tert-OH is 1. The van der Waals surface area contributed by atoms with Crippen molar-refractivity contribution < 1.29 is 24.1 Å². The van der Waals surface area contributed by atoms with E-state index in [0.29, 0.717) is 5.75 Å². The number of benzene rings is 1. The second-order valence-electron chi connectivity index (χ2n) is 5.61. The first-order valence-electron chi connectivity index (χ1n) is 8.53. The number of aliphatic hydroxyl groups is 1. The summed E-state index contributed by atoms with van der Waals surface area (Å²) in [6.07, 6.45) is 8.60. The van der Waals surface area contributed by atoms with Gasteiger partial charge in [0.1, 0.15) is 23.3 Å². The molecule has 0 saturated heterocycles. The molecule has 1 heterocycles. The van der Waals surface area contributed by atoms with E-state index in [4.69, 9.17) is 19.0 Å². The largest absolute Gasteiger partial charge is 0.503 e. The Morgan fingerprint density at radius 1 is 1.24 bits per heavy atom. The maximum absolute atomic E-state index is 12.0. The Bertz CT molecular complexity index is 762. The molecule has 25 heavy (non-hydrogen) atoms. The SMILES string of the molecule is CCCCCCC=COc1c(O)c2c(OCCO)cccc2oc1=O. The highest BCUT2D eigenvalue weighted by Crippen LogP contribution is 2.37. The van der Waals surface area contributed by atoms with E-state index in [1.807, 2.05) is 6.08 Å². The average molecular weight is 348 g/mol. The minimum absolute atomic E-state index is 0.0610. The first-order valence-corrected chi connectivity index (χ1v) is 8.53. The number of rotatable bonds is 10. The molecule has 0 saturated carbocycles. The van der Waals surface area contributed by atoms with Gasteiger partial charge in [-0.2, -0.15) is 0 Å². The van der Waals surface area contributed by atoms with E-state index < -0.39 is 5.63 Å². The Labute approximate surface area is 146 Å². The molecule has 1 aromatic carbocycles. The lowest BCUT2D eigenvalue weighted by atomic mass is 10.1. The minimum Gasteiger partial charge on any atom is -0.503 e. The fourth-order valence-corrected chi connectivity index (χ4v) is 2.44. The van der Waals surface area contributed by atoms with Crippen molar-refractivity contribution >= 4 is 11.0 Å². The smallest absolute Gasteiger partial charge is 0.383 e. The molecule has 0 atom stereocenters. The van der Waals surface area contributed by atoms with Crippen LogP contribution in [0.5, 0.6) is 17.2 Å². The molecule has 2 aromatic rings. The van der Waals surface area contributed by atoms with E-state index in [1.54, 1.807) is 18.2 Å². The molecule has 2 N–H and O–H groups in total. The fourth-order valence-electron chi connectivity index (χ4n) is 2.44. The van der Waals surface area contributed by atoms with Crippen LogP contribution < -0.4 is 15.1 Å². The van der Waals surface area contributed by atoms with Crippen LogP contribution in [0.25, 0.3) is 11.0 Å². The topological polar surface area (TPSA) is 89.1 Å². The molecule has 0 bridgehead atoms. The number of unbranched alkanes of at least 4 members (excludes halogenated alkanes) is 4. The predicted molar refractivity (Wildman–Crippen MR) is 95.3 cm³/mol. The zero-order valence-electron chi connectivity index (χ0n) is 14.4. The highest BCUT2D eigenvalue weighted by molar-refractivity contribution is 5.91. The van der Waals surface area contributed by atoms with Crippen molar-refractivity contribution in [1.29, 1.82) is 0 Å². The molecule has 0 aliphatic carbocycles. The zero-order chi connectivity index (χ0) is 18.1. The van der Waals surface area contributed by atoms with Gasteiger partial charge in [0.2, 0.25) is 0 Å². The van der Waals surface area contributed by atoms with Gasteiger partial charge in [0, 0.05) is 0 Å². The number of fused-ring (bicyclic) bond motifs is 1. The quantitative estimate of drug-likeness (QED) is 0.386. The van der Waals surface area contributed by atoms with Crippen LogP contribution in [0.4, 0.5) is 0 Å². The Balaban J connectivity index is 2.19. The molecule has 136 valence electrons. The van der Waals surface area contributed by atoms with Crippen molar-refractivity contribution in [3.63, 3.8) is 0 Å². The lowest BCUT2D eigenvalue weighted by molar-refractivity contribution is 0.202. The predicted octanol–water partition coefficient (Wildman–Crippen LogP) is 3.73. The molecule has 0 spiro atoms. The van der Waals surface area contributed by atoms with Crippen LogP contribution in [0, 0.1) is 0 Å². The number of ether oxygens (including phenoxy) is 2. The first-order chi connectivity index (χ1) is 12.2. The molecular formula is C19H24O6. The maximum Gasteiger partial charge on any atom is 0.383 e. The van der Waals surface area contributed by atoms with Gasteiger partial charge < -0.3 is 24.1 Å². The second kappa shape index (κ2) is 9.74. The summed E-state index contributed by atoms with van der Waals surface area (Å²) in [7, 11) is 0. The van der Waals surface area contributed by atoms with Crippen molar-refractivity contribution in [3.8, 4) is 17.2 Å². The molecule has 0 fully saturated rings. The summed E-state index contributed by atoms with van der Waals surface area (Å²) in [5.74, 6) is -0.311. The Morgan fingerprint density at radius 3 is 2.84 bits per heavy atom. The van der Waals surface area contributed by atoms with Crippen molar-refractivity contribution in [2.45, 2.75) is 39.0 Å². The van der Waals surface area contributed by atoms with Crippen LogP contribution in [0.3, 0.4) is 0 Å². The third kappa shape index (κ3) is 5.00. The number of hydrogen-bond acceptors (Lipinski definition) is 6. The van der Waals surface area contributed by atoms with E-state index in [9.17, 15) is 9.90 Å². The summed E-state index contributed by atoms with van der Waals surface area (Å²) in [4.78, 5) is 12.0. The number of aromatic hydroxyl groups is 1. The van der Waals surface area contributed by atoms with E-state index in [1.165, 1.54) is 19.1 Å². The molecule has 1 aromatic heterocycles. The summed E-state index contributed by atoms with van der Waals surface area (Å²) < 4.78 is 15.9. The zero-order valence-corrected chi connectivity index (χ0v) is 14.4. The van der Waals surface area contributed by atoms with Gasteiger partial charge >= 0.3 is 5.63 Å². The molecule has 2 rings (SSSR count). The van der Waals surface area contributed by atoms with Gasteiger partial charge in [-0.1, -0.05) is 32.3 Å². The van der Waals surface area contributed by atoms with Gasteiger partial charge in [-0.15, -0.1) is 0 Å². The fraction of sp³-hybridized carbons (Fsp3) is 0.421. The standard InChI is InChI=1S/C19H24O6/c1-2-3-4-5-6-7-12-24-18-17(21)16-14(23-13-11-20)9-8-10-15(16)25-19(18)22/h7-10,12,20-21H,2-6,11,13H2,1H3. The summed E-state index contributed by atoms with van der Waals surface area (Å²) in [5.41, 5.74) is -0.575. The number of hydrogen-bond donors (Lipinski definition) is 2. The van der Waals surface area contributed by atoms with E-state index in [0.717, 1.165) is 19.3 Å². The molecule has 0 radical (unpaired) electrons. The van der Waals surface area contributed by atoms with Crippen molar-refractivity contribution in [2.75, 3.05) is 13.2 Å². The van der Waals surface area contributed by atoms with E-state index in [2.05, 4.69) is 6.92 Å². The van der Waals surface area contributed by atoms with E-state index >= 15 is 0 Å². The van der Waals surface area contributed by atoms with Crippen molar-refractivity contribution in [3.05, 3.63) is 41.0 Å². The third-order valence-corrected chi connectivity index (χ3v) is 3.68. The van der Waals surface area contributed by atoms with Gasteiger partial charge in [0.15, 0.2) is 5.75 Å². The van der Waals surface area contributed by atoms with Gasteiger partial charge in [0.25, 0.3) is 5.75 Å². The highest BCUT2D eigenvalue weighted by Gasteiger charge is 2.18. The molecule has 0 aliphatic heterocycles. The average Bonchev–Trinajstić information content (AvgIpc) is 2.61. The van der Waals surface area contributed by atoms with Gasteiger partial charge in [-0.25, -0.2) is 4.79 Å². The van der Waals surface area contributed by atoms with Crippen LogP contribution in [0.2, 0.25) is 0 Å². The van der Waals surface area contributed by atoms with Crippen molar-refractivity contribution in [2.24, 2.45) is 0 Å². The molecule has 6 heteroatoms. The third-order valence-electron chi connectivity index (χ3n) is 3.68. The van der Waals surface area contributed by atoms with Crippen LogP contribution in [-0.4, -0.2) is 23.4 Å². The lowest BCUT2D eigenvalue weighted by Gasteiger charge is -2.10.